The Morgan fingerprint density at radius 1 is 1.10 bits per heavy atom. The van der Waals surface area contributed by atoms with Crippen LogP contribution in [0.1, 0.15) is 23.9 Å². The Morgan fingerprint density at radius 3 is 2.52 bits per heavy atom. The Balaban J connectivity index is 1.97. The van der Waals surface area contributed by atoms with Crippen molar-refractivity contribution in [2.24, 2.45) is 0 Å². The van der Waals surface area contributed by atoms with Gasteiger partial charge in [-0.3, -0.25) is 0 Å². The average molecular weight is 285 g/mol. The molecule has 0 aliphatic carbocycles. The van der Waals surface area contributed by atoms with Gasteiger partial charge in [0.15, 0.2) is 0 Å². The van der Waals surface area contributed by atoms with Crippen molar-refractivity contribution >= 4 is 0 Å². The number of rotatable bonds is 4. The molecule has 3 aromatic rings. The van der Waals surface area contributed by atoms with Crippen molar-refractivity contribution in [3.8, 4) is 22.8 Å². The van der Waals surface area contributed by atoms with Gasteiger partial charge in [-0.2, -0.15) is 4.98 Å². The molecule has 0 spiro atoms. The first-order valence-electron chi connectivity index (χ1n) is 6.72. The van der Waals surface area contributed by atoms with E-state index in [1.807, 2.05) is 38.1 Å². The second-order valence-corrected chi connectivity index (χ2v) is 4.69. The van der Waals surface area contributed by atoms with Crippen LogP contribution in [0.3, 0.4) is 0 Å². The third kappa shape index (κ3) is 2.45. The lowest BCUT2D eigenvalue weighted by Crippen LogP contribution is -1.87. The maximum atomic E-state index is 9.05. The van der Waals surface area contributed by atoms with Crippen molar-refractivity contribution < 1.29 is 14.2 Å². The molecule has 1 N–H and O–H groups in total. The summed E-state index contributed by atoms with van der Waals surface area (Å²) in [5, 5.41) is 17.0. The SMILES string of the molecule is CCc1noc(C)c1-c1nc(-c2ccc(CO)cc2)no1. The summed E-state index contributed by atoms with van der Waals surface area (Å²) in [6.07, 6.45) is 0.732. The topological polar surface area (TPSA) is 85.2 Å². The van der Waals surface area contributed by atoms with Gasteiger partial charge >= 0.3 is 0 Å². The highest BCUT2D eigenvalue weighted by Gasteiger charge is 2.20. The lowest BCUT2D eigenvalue weighted by Gasteiger charge is -1.96. The number of nitrogens with zero attached hydrogens (tertiary/aromatic N) is 3. The van der Waals surface area contributed by atoms with Crippen LogP contribution in [-0.2, 0) is 13.0 Å². The number of aliphatic hydroxyl groups excluding tert-OH is 1. The smallest absolute Gasteiger partial charge is 0.263 e. The molecule has 0 saturated heterocycles. The fourth-order valence-electron chi connectivity index (χ4n) is 2.13. The summed E-state index contributed by atoms with van der Waals surface area (Å²) in [4.78, 5) is 4.41. The van der Waals surface area contributed by atoms with Crippen molar-refractivity contribution in [2.75, 3.05) is 0 Å². The second-order valence-electron chi connectivity index (χ2n) is 4.69. The monoisotopic (exact) mass is 285 g/mol. The Hall–Kier alpha value is -2.47. The molecule has 0 atom stereocenters. The van der Waals surface area contributed by atoms with Crippen molar-refractivity contribution in [2.45, 2.75) is 26.9 Å². The van der Waals surface area contributed by atoms with E-state index < -0.39 is 0 Å². The summed E-state index contributed by atoms with van der Waals surface area (Å²) in [5.41, 5.74) is 3.24. The fourth-order valence-corrected chi connectivity index (χ4v) is 2.13. The zero-order chi connectivity index (χ0) is 14.8. The van der Waals surface area contributed by atoms with Gasteiger partial charge in [0.05, 0.1) is 12.3 Å². The molecule has 3 rings (SSSR count). The van der Waals surface area contributed by atoms with E-state index in [1.165, 1.54) is 0 Å². The Morgan fingerprint density at radius 2 is 1.86 bits per heavy atom. The molecular weight excluding hydrogens is 270 g/mol. The lowest BCUT2D eigenvalue weighted by molar-refractivity contribution is 0.282. The molecule has 0 unspecified atom stereocenters. The summed E-state index contributed by atoms with van der Waals surface area (Å²) in [7, 11) is 0. The van der Waals surface area contributed by atoms with E-state index in [0.717, 1.165) is 28.8 Å². The van der Waals surface area contributed by atoms with Crippen LogP contribution in [0.5, 0.6) is 0 Å². The van der Waals surface area contributed by atoms with Crippen LogP contribution >= 0.6 is 0 Å². The maximum absolute atomic E-state index is 9.05. The van der Waals surface area contributed by atoms with Crippen molar-refractivity contribution in [1.29, 1.82) is 0 Å². The minimum Gasteiger partial charge on any atom is -0.392 e. The number of hydrogen-bond donors (Lipinski definition) is 1. The van der Waals surface area contributed by atoms with Gasteiger partial charge in [-0.1, -0.05) is 41.5 Å². The predicted molar refractivity (Wildman–Crippen MR) is 75.3 cm³/mol. The average Bonchev–Trinajstić information content (AvgIpc) is 3.13. The molecule has 0 aliphatic rings. The summed E-state index contributed by atoms with van der Waals surface area (Å²) < 4.78 is 10.5. The van der Waals surface area contributed by atoms with E-state index in [4.69, 9.17) is 14.2 Å². The van der Waals surface area contributed by atoms with E-state index >= 15 is 0 Å². The lowest BCUT2D eigenvalue weighted by atomic mass is 10.1. The van der Waals surface area contributed by atoms with Gasteiger partial charge in [0.25, 0.3) is 5.89 Å². The van der Waals surface area contributed by atoms with Crippen LogP contribution in [0.15, 0.2) is 33.3 Å². The normalized spacial score (nSPS) is 11.0. The van der Waals surface area contributed by atoms with E-state index in [0.29, 0.717) is 17.5 Å². The Bertz CT molecular complexity index is 744. The molecule has 21 heavy (non-hydrogen) atoms. The zero-order valence-corrected chi connectivity index (χ0v) is 11.8. The molecule has 1 aromatic carbocycles. The quantitative estimate of drug-likeness (QED) is 0.793. The molecule has 6 nitrogen and oxygen atoms in total. The largest absolute Gasteiger partial charge is 0.392 e. The summed E-state index contributed by atoms with van der Waals surface area (Å²) in [6.45, 7) is 3.82. The molecule has 0 radical (unpaired) electrons. The van der Waals surface area contributed by atoms with Crippen LogP contribution in [0.25, 0.3) is 22.8 Å². The van der Waals surface area contributed by atoms with Gasteiger partial charge in [0.1, 0.15) is 11.3 Å². The summed E-state index contributed by atoms with van der Waals surface area (Å²) >= 11 is 0. The Kier molecular flexibility index (Phi) is 3.53. The third-order valence-corrected chi connectivity index (χ3v) is 3.30. The van der Waals surface area contributed by atoms with Crippen LogP contribution in [0.4, 0.5) is 0 Å². The number of aromatic nitrogens is 3. The molecule has 0 aliphatic heterocycles. The van der Waals surface area contributed by atoms with E-state index in [2.05, 4.69) is 15.3 Å². The number of hydrogen-bond acceptors (Lipinski definition) is 6. The first kappa shape index (κ1) is 13.5. The fraction of sp³-hybridized carbons (Fsp3) is 0.267. The van der Waals surface area contributed by atoms with E-state index in [9.17, 15) is 0 Å². The minimum absolute atomic E-state index is 0.0114. The first-order chi connectivity index (χ1) is 10.2. The maximum Gasteiger partial charge on any atom is 0.263 e. The van der Waals surface area contributed by atoms with Gasteiger partial charge in [-0.25, -0.2) is 0 Å². The van der Waals surface area contributed by atoms with Gasteiger partial charge in [0.2, 0.25) is 5.82 Å². The van der Waals surface area contributed by atoms with Crippen LogP contribution in [0, 0.1) is 6.92 Å². The molecule has 2 aromatic heterocycles. The van der Waals surface area contributed by atoms with E-state index in [1.54, 1.807) is 0 Å². The van der Waals surface area contributed by atoms with Crippen LogP contribution < -0.4 is 0 Å². The molecule has 2 heterocycles. The van der Waals surface area contributed by atoms with Crippen LogP contribution in [-0.4, -0.2) is 20.4 Å². The summed E-state index contributed by atoms with van der Waals surface area (Å²) in [6, 6.07) is 7.35. The molecule has 0 bridgehead atoms. The van der Waals surface area contributed by atoms with Crippen molar-refractivity contribution in [1.82, 2.24) is 15.3 Å². The highest BCUT2D eigenvalue weighted by Crippen LogP contribution is 2.28. The molecular formula is C15H15N3O3. The van der Waals surface area contributed by atoms with Crippen molar-refractivity contribution in [3.63, 3.8) is 0 Å². The molecule has 6 heteroatoms. The number of aryl methyl sites for hydroxylation is 2. The van der Waals surface area contributed by atoms with Gasteiger partial charge < -0.3 is 14.2 Å². The van der Waals surface area contributed by atoms with Gasteiger partial charge in [0, 0.05) is 5.56 Å². The Labute approximate surface area is 121 Å². The van der Waals surface area contributed by atoms with Gasteiger partial charge in [-0.05, 0) is 18.9 Å². The highest BCUT2D eigenvalue weighted by molar-refractivity contribution is 5.62. The predicted octanol–water partition coefficient (Wildman–Crippen LogP) is 2.75. The zero-order valence-electron chi connectivity index (χ0n) is 11.8. The molecule has 0 fully saturated rings. The number of benzene rings is 1. The summed E-state index contributed by atoms with van der Waals surface area (Å²) in [5.74, 6) is 1.57. The highest BCUT2D eigenvalue weighted by atomic mass is 16.5. The second kappa shape index (κ2) is 5.49. The molecule has 108 valence electrons. The molecule has 0 saturated carbocycles. The van der Waals surface area contributed by atoms with Gasteiger partial charge in [-0.15, -0.1) is 0 Å². The van der Waals surface area contributed by atoms with Crippen molar-refractivity contribution in [3.05, 3.63) is 41.3 Å². The first-order valence-corrected chi connectivity index (χ1v) is 6.72. The third-order valence-electron chi connectivity index (χ3n) is 3.30. The standard InChI is InChI=1S/C15H15N3O3/c1-3-12-13(9(2)20-17-12)15-16-14(18-21-15)11-6-4-10(8-19)5-7-11/h4-7,19H,3,8H2,1-2H3. The minimum atomic E-state index is 0.0114. The van der Waals surface area contributed by atoms with Crippen LogP contribution in [0.2, 0.25) is 0 Å². The molecule has 0 amide bonds. The van der Waals surface area contributed by atoms with E-state index in [-0.39, 0.29) is 6.61 Å². The number of aliphatic hydroxyl groups is 1.